The van der Waals surface area contributed by atoms with Crippen LogP contribution in [0.15, 0.2) is 36.9 Å². The predicted octanol–water partition coefficient (Wildman–Crippen LogP) is 4.31. The highest BCUT2D eigenvalue weighted by atomic mass is 19.1. The number of hydrogen-bond donors (Lipinski definition) is 1. The summed E-state index contributed by atoms with van der Waals surface area (Å²) in [6, 6.07) is 4.67. The van der Waals surface area contributed by atoms with Crippen molar-refractivity contribution in [3.63, 3.8) is 0 Å². The average Bonchev–Trinajstić information content (AvgIpc) is 3.01. The number of anilines is 1. The van der Waals surface area contributed by atoms with Crippen molar-refractivity contribution in [1.82, 2.24) is 9.55 Å². The van der Waals surface area contributed by atoms with Gasteiger partial charge in [0.1, 0.15) is 5.82 Å². The number of carbonyl (C=O) groups is 1. The molecule has 22 heavy (non-hydrogen) atoms. The van der Waals surface area contributed by atoms with Gasteiger partial charge in [-0.3, -0.25) is 4.79 Å². The third kappa shape index (κ3) is 4.69. The van der Waals surface area contributed by atoms with E-state index >= 15 is 0 Å². The monoisotopic (exact) mass is 303 g/mol. The van der Waals surface area contributed by atoms with Crippen LogP contribution in [0.4, 0.5) is 10.1 Å². The molecule has 0 radical (unpaired) electrons. The molecule has 0 aliphatic rings. The molecular weight excluding hydrogens is 281 g/mol. The summed E-state index contributed by atoms with van der Waals surface area (Å²) in [5.74, 6) is -0.454. The van der Waals surface area contributed by atoms with E-state index in [1.165, 1.54) is 25.2 Å². The van der Waals surface area contributed by atoms with Gasteiger partial charge in [-0.2, -0.15) is 0 Å². The van der Waals surface area contributed by atoms with Gasteiger partial charge in [-0.05, 0) is 24.6 Å². The van der Waals surface area contributed by atoms with Gasteiger partial charge in [0, 0.05) is 24.5 Å². The maximum absolute atomic E-state index is 14.1. The molecular formula is C17H22FN3O. The van der Waals surface area contributed by atoms with Gasteiger partial charge in [-0.1, -0.05) is 32.6 Å². The molecule has 1 N–H and O–H groups in total. The molecule has 0 fully saturated rings. The Morgan fingerprint density at radius 1 is 1.27 bits per heavy atom. The molecule has 0 aliphatic carbocycles. The molecule has 0 aliphatic heterocycles. The van der Waals surface area contributed by atoms with E-state index < -0.39 is 5.82 Å². The van der Waals surface area contributed by atoms with Gasteiger partial charge in [0.05, 0.1) is 12.0 Å². The molecule has 118 valence electrons. The molecule has 1 aromatic heterocycles. The number of benzene rings is 1. The zero-order valence-electron chi connectivity index (χ0n) is 12.9. The average molecular weight is 303 g/mol. The lowest BCUT2D eigenvalue weighted by Gasteiger charge is -2.08. The largest absolute Gasteiger partial charge is 0.326 e. The summed E-state index contributed by atoms with van der Waals surface area (Å²) in [4.78, 5) is 15.7. The van der Waals surface area contributed by atoms with Crippen molar-refractivity contribution in [3.05, 3.63) is 42.7 Å². The van der Waals surface area contributed by atoms with Gasteiger partial charge >= 0.3 is 0 Å². The van der Waals surface area contributed by atoms with Crippen LogP contribution in [0.25, 0.3) is 5.69 Å². The smallest absolute Gasteiger partial charge is 0.224 e. The summed E-state index contributed by atoms with van der Waals surface area (Å²) in [5, 5.41) is 2.74. The van der Waals surface area contributed by atoms with Crippen molar-refractivity contribution >= 4 is 11.6 Å². The molecule has 5 heteroatoms. The minimum Gasteiger partial charge on any atom is -0.326 e. The van der Waals surface area contributed by atoms with Crippen molar-refractivity contribution in [3.8, 4) is 5.69 Å². The van der Waals surface area contributed by atoms with Crippen LogP contribution in [0.5, 0.6) is 0 Å². The van der Waals surface area contributed by atoms with Gasteiger partial charge < -0.3 is 9.88 Å². The first-order chi connectivity index (χ1) is 10.7. The Bertz CT molecular complexity index is 596. The Labute approximate surface area is 130 Å². The first kappa shape index (κ1) is 16.2. The molecule has 0 saturated carbocycles. The number of halogens is 1. The third-order valence-electron chi connectivity index (χ3n) is 3.52. The number of nitrogens with zero attached hydrogens (tertiary/aromatic N) is 2. The van der Waals surface area contributed by atoms with Crippen molar-refractivity contribution in [2.24, 2.45) is 0 Å². The van der Waals surface area contributed by atoms with Crippen LogP contribution >= 0.6 is 0 Å². The second-order valence-corrected chi connectivity index (χ2v) is 5.35. The van der Waals surface area contributed by atoms with E-state index in [1.807, 2.05) is 0 Å². The first-order valence-electron chi connectivity index (χ1n) is 7.78. The van der Waals surface area contributed by atoms with Gasteiger partial charge in [-0.25, -0.2) is 9.37 Å². The summed E-state index contributed by atoms with van der Waals surface area (Å²) >= 11 is 0. The van der Waals surface area contributed by atoms with Crippen molar-refractivity contribution < 1.29 is 9.18 Å². The van der Waals surface area contributed by atoms with E-state index in [9.17, 15) is 9.18 Å². The van der Waals surface area contributed by atoms with E-state index in [0.29, 0.717) is 17.8 Å². The highest BCUT2D eigenvalue weighted by Crippen LogP contribution is 2.18. The van der Waals surface area contributed by atoms with E-state index in [-0.39, 0.29) is 5.91 Å². The zero-order chi connectivity index (χ0) is 15.8. The van der Waals surface area contributed by atoms with Gasteiger partial charge in [0.15, 0.2) is 0 Å². The van der Waals surface area contributed by atoms with Crippen LogP contribution in [0, 0.1) is 5.82 Å². The molecule has 0 spiro atoms. The van der Waals surface area contributed by atoms with E-state index in [2.05, 4.69) is 17.2 Å². The summed E-state index contributed by atoms with van der Waals surface area (Å²) in [6.45, 7) is 2.16. The number of imidazole rings is 1. The molecule has 0 unspecified atom stereocenters. The minimum atomic E-state index is -0.390. The SMILES string of the molecule is CCCCCCCC(=O)Nc1ccc(-n2ccnc2)c(F)c1. The van der Waals surface area contributed by atoms with Gasteiger partial charge in [-0.15, -0.1) is 0 Å². The lowest BCUT2D eigenvalue weighted by Crippen LogP contribution is -2.11. The molecule has 4 nitrogen and oxygen atoms in total. The maximum Gasteiger partial charge on any atom is 0.224 e. The van der Waals surface area contributed by atoms with Crippen LogP contribution in [-0.2, 0) is 4.79 Å². The highest BCUT2D eigenvalue weighted by Gasteiger charge is 2.07. The van der Waals surface area contributed by atoms with Crippen LogP contribution in [0.3, 0.4) is 0 Å². The normalized spacial score (nSPS) is 10.6. The van der Waals surface area contributed by atoms with Crippen molar-refractivity contribution in [2.45, 2.75) is 45.4 Å². The first-order valence-corrected chi connectivity index (χ1v) is 7.78. The molecule has 0 atom stereocenters. The molecule has 1 amide bonds. The standard InChI is InChI=1S/C17H22FN3O/c1-2-3-4-5-6-7-17(22)20-14-8-9-16(15(18)12-14)21-11-10-19-13-21/h8-13H,2-7H2,1H3,(H,20,22). The molecule has 0 bridgehead atoms. The topological polar surface area (TPSA) is 46.9 Å². The minimum absolute atomic E-state index is 0.0636. The Kier molecular flexibility index (Phi) is 6.13. The summed E-state index contributed by atoms with van der Waals surface area (Å²) in [6.07, 6.45) is 10.8. The third-order valence-corrected chi connectivity index (χ3v) is 3.52. The fourth-order valence-corrected chi connectivity index (χ4v) is 2.31. The summed E-state index contributed by atoms with van der Waals surface area (Å²) < 4.78 is 15.6. The van der Waals surface area contributed by atoms with E-state index in [4.69, 9.17) is 0 Å². The fourth-order valence-electron chi connectivity index (χ4n) is 2.31. The summed E-state index contributed by atoms with van der Waals surface area (Å²) in [7, 11) is 0. The maximum atomic E-state index is 14.1. The number of carbonyl (C=O) groups excluding carboxylic acids is 1. The van der Waals surface area contributed by atoms with Crippen LogP contribution in [0.2, 0.25) is 0 Å². The Morgan fingerprint density at radius 3 is 2.77 bits per heavy atom. The second kappa shape index (κ2) is 8.32. The quantitative estimate of drug-likeness (QED) is 0.739. The Hall–Kier alpha value is -2.17. The number of rotatable bonds is 8. The lowest BCUT2D eigenvalue weighted by molar-refractivity contribution is -0.116. The number of hydrogen-bond acceptors (Lipinski definition) is 2. The van der Waals surface area contributed by atoms with E-state index in [1.54, 1.807) is 29.1 Å². The zero-order valence-corrected chi connectivity index (χ0v) is 12.9. The molecule has 2 aromatic rings. The Balaban J connectivity index is 1.85. The molecule has 0 saturated heterocycles. The van der Waals surface area contributed by atoms with Crippen LogP contribution in [0.1, 0.15) is 45.4 Å². The molecule has 1 heterocycles. The predicted molar refractivity (Wildman–Crippen MR) is 85.5 cm³/mol. The van der Waals surface area contributed by atoms with Crippen LogP contribution in [-0.4, -0.2) is 15.5 Å². The van der Waals surface area contributed by atoms with Crippen LogP contribution < -0.4 is 5.32 Å². The Morgan fingerprint density at radius 2 is 2.09 bits per heavy atom. The van der Waals surface area contributed by atoms with Gasteiger partial charge in [0.25, 0.3) is 0 Å². The number of nitrogens with one attached hydrogen (secondary N) is 1. The number of amides is 1. The van der Waals surface area contributed by atoms with Gasteiger partial charge in [0.2, 0.25) is 5.91 Å². The summed E-state index contributed by atoms with van der Waals surface area (Å²) in [5.41, 5.74) is 0.898. The van der Waals surface area contributed by atoms with E-state index in [0.717, 1.165) is 19.3 Å². The lowest BCUT2D eigenvalue weighted by atomic mass is 10.1. The highest BCUT2D eigenvalue weighted by molar-refractivity contribution is 5.90. The fraction of sp³-hybridized carbons (Fsp3) is 0.412. The number of unbranched alkanes of at least 4 members (excludes halogenated alkanes) is 4. The van der Waals surface area contributed by atoms with Crippen molar-refractivity contribution in [2.75, 3.05) is 5.32 Å². The molecule has 2 rings (SSSR count). The molecule has 1 aromatic carbocycles. The number of aromatic nitrogens is 2. The second-order valence-electron chi connectivity index (χ2n) is 5.35. The van der Waals surface area contributed by atoms with Crippen molar-refractivity contribution in [1.29, 1.82) is 0 Å².